The monoisotopic (exact) mass is 236 g/mol. The molecule has 0 aliphatic rings. The molecule has 1 aromatic rings. The van der Waals surface area contributed by atoms with Gasteiger partial charge in [-0.3, -0.25) is 4.79 Å². The van der Waals surface area contributed by atoms with E-state index in [4.69, 9.17) is 16.9 Å². The number of hydrogen-bond acceptors (Lipinski definition) is 2. The number of rotatable bonds is 3. The van der Waals surface area contributed by atoms with Crippen molar-refractivity contribution < 1.29 is 4.79 Å². The van der Waals surface area contributed by atoms with Gasteiger partial charge in [-0.15, -0.1) is 0 Å². The van der Waals surface area contributed by atoms with Crippen LogP contribution in [0.1, 0.15) is 29.3 Å². The minimum Gasteiger partial charge on any atom is -0.336 e. The second kappa shape index (κ2) is 5.53. The molecule has 1 rings (SSSR count). The summed E-state index contributed by atoms with van der Waals surface area (Å²) >= 11 is 5.85. The molecule has 4 heteroatoms. The predicted molar refractivity (Wildman–Crippen MR) is 63.3 cm³/mol. The Labute approximate surface area is 100 Å². The highest BCUT2D eigenvalue weighted by molar-refractivity contribution is 6.31. The molecule has 0 spiro atoms. The Hall–Kier alpha value is -1.53. The Morgan fingerprint density at radius 3 is 2.75 bits per heavy atom. The number of carbonyl (C=O) groups excluding carboxylic acids is 1. The number of benzene rings is 1. The van der Waals surface area contributed by atoms with Gasteiger partial charge in [-0.2, -0.15) is 5.26 Å². The Morgan fingerprint density at radius 2 is 2.25 bits per heavy atom. The maximum atomic E-state index is 11.8. The fourth-order valence-corrected chi connectivity index (χ4v) is 1.62. The highest BCUT2D eigenvalue weighted by Crippen LogP contribution is 2.14. The minimum absolute atomic E-state index is 0.265. The largest absolute Gasteiger partial charge is 0.336 e. The summed E-state index contributed by atoms with van der Waals surface area (Å²) < 4.78 is 0. The van der Waals surface area contributed by atoms with E-state index in [0.29, 0.717) is 17.0 Å². The molecular formula is C12H13ClN2O. The van der Waals surface area contributed by atoms with Gasteiger partial charge in [0.05, 0.1) is 6.07 Å². The topological polar surface area (TPSA) is 52.9 Å². The summed E-state index contributed by atoms with van der Waals surface area (Å²) in [6.07, 6.45) is 0.585. The summed E-state index contributed by atoms with van der Waals surface area (Å²) in [5.41, 5.74) is 1.40. The van der Waals surface area contributed by atoms with Crippen molar-refractivity contribution in [1.82, 2.24) is 5.32 Å². The van der Waals surface area contributed by atoms with Crippen molar-refractivity contribution in [1.29, 1.82) is 5.26 Å². The molecule has 1 amide bonds. The van der Waals surface area contributed by atoms with Crippen molar-refractivity contribution in [3.8, 4) is 6.07 Å². The Morgan fingerprint density at radius 1 is 1.56 bits per heavy atom. The number of nitrogens with one attached hydrogen (secondary N) is 1. The maximum absolute atomic E-state index is 11.8. The SMILES string of the molecule is CCC(C#N)NC(=O)c1cc(C)cc(Cl)c1. The minimum atomic E-state index is -0.452. The normalized spacial score (nSPS) is 11.6. The molecule has 1 unspecified atom stereocenters. The number of carbonyl (C=O) groups is 1. The lowest BCUT2D eigenvalue weighted by Gasteiger charge is -2.09. The maximum Gasteiger partial charge on any atom is 0.252 e. The number of hydrogen-bond donors (Lipinski definition) is 1. The van der Waals surface area contributed by atoms with E-state index >= 15 is 0 Å². The molecule has 0 fully saturated rings. The summed E-state index contributed by atoms with van der Waals surface area (Å²) in [5, 5.41) is 11.9. The van der Waals surface area contributed by atoms with E-state index in [1.807, 2.05) is 19.9 Å². The fraction of sp³-hybridized carbons (Fsp3) is 0.333. The predicted octanol–water partition coefficient (Wildman–Crippen LogP) is 2.68. The van der Waals surface area contributed by atoms with Crippen LogP contribution in [0.2, 0.25) is 5.02 Å². The Balaban J connectivity index is 2.85. The van der Waals surface area contributed by atoms with Gasteiger partial charge in [0.15, 0.2) is 0 Å². The third kappa shape index (κ3) is 3.25. The average molecular weight is 237 g/mol. The third-order valence-corrected chi connectivity index (χ3v) is 2.39. The quantitative estimate of drug-likeness (QED) is 0.877. The molecule has 0 radical (unpaired) electrons. The molecule has 0 saturated heterocycles. The summed E-state index contributed by atoms with van der Waals surface area (Å²) in [7, 11) is 0. The molecule has 1 aromatic carbocycles. The van der Waals surface area contributed by atoms with Crippen LogP contribution in [0.4, 0.5) is 0 Å². The van der Waals surface area contributed by atoms with Crippen LogP contribution in [0.3, 0.4) is 0 Å². The molecule has 16 heavy (non-hydrogen) atoms. The van der Waals surface area contributed by atoms with Gasteiger partial charge in [0.25, 0.3) is 5.91 Å². The lowest BCUT2D eigenvalue weighted by molar-refractivity contribution is 0.0944. The van der Waals surface area contributed by atoms with Crippen LogP contribution in [-0.2, 0) is 0 Å². The average Bonchev–Trinajstić information content (AvgIpc) is 2.24. The lowest BCUT2D eigenvalue weighted by atomic mass is 10.1. The van der Waals surface area contributed by atoms with Gasteiger partial charge in [-0.1, -0.05) is 18.5 Å². The third-order valence-electron chi connectivity index (χ3n) is 2.17. The Bertz CT molecular complexity index is 417. The first-order valence-electron chi connectivity index (χ1n) is 5.04. The van der Waals surface area contributed by atoms with E-state index in [1.165, 1.54) is 0 Å². The van der Waals surface area contributed by atoms with Crippen molar-refractivity contribution in [2.45, 2.75) is 26.3 Å². The zero-order chi connectivity index (χ0) is 12.1. The van der Waals surface area contributed by atoms with Crippen LogP contribution in [-0.4, -0.2) is 11.9 Å². The van der Waals surface area contributed by atoms with E-state index in [-0.39, 0.29) is 5.91 Å². The molecule has 1 N–H and O–H groups in total. The summed E-state index contributed by atoms with van der Waals surface area (Å²) in [5.74, 6) is -0.265. The van der Waals surface area contributed by atoms with Gasteiger partial charge in [0, 0.05) is 10.6 Å². The number of nitrogens with zero attached hydrogens (tertiary/aromatic N) is 1. The van der Waals surface area contributed by atoms with Crippen molar-refractivity contribution in [3.05, 3.63) is 34.3 Å². The highest BCUT2D eigenvalue weighted by atomic mass is 35.5. The number of aryl methyl sites for hydroxylation is 1. The zero-order valence-electron chi connectivity index (χ0n) is 9.25. The van der Waals surface area contributed by atoms with Crippen LogP contribution in [0, 0.1) is 18.3 Å². The van der Waals surface area contributed by atoms with Crippen molar-refractivity contribution in [3.63, 3.8) is 0 Å². The zero-order valence-corrected chi connectivity index (χ0v) is 10.0. The molecule has 0 aliphatic heterocycles. The van der Waals surface area contributed by atoms with Crippen LogP contribution in [0.15, 0.2) is 18.2 Å². The second-order valence-corrected chi connectivity index (χ2v) is 4.02. The first-order chi connectivity index (χ1) is 7.56. The van der Waals surface area contributed by atoms with Crippen LogP contribution < -0.4 is 5.32 Å². The van der Waals surface area contributed by atoms with E-state index in [2.05, 4.69) is 5.32 Å². The highest BCUT2D eigenvalue weighted by Gasteiger charge is 2.11. The molecule has 0 saturated carbocycles. The summed E-state index contributed by atoms with van der Waals surface area (Å²) in [6.45, 7) is 3.71. The number of amides is 1. The fourth-order valence-electron chi connectivity index (χ4n) is 1.33. The van der Waals surface area contributed by atoms with Gasteiger partial charge < -0.3 is 5.32 Å². The number of halogens is 1. The molecule has 0 bridgehead atoms. The van der Waals surface area contributed by atoms with Crippen molar-refractivity contribution in [2.75, 3.05) is 0 Å². The summed E-state index contributed by atoms with van der Waals surface area (Å²) in [4.78, 5) is 11.8. The first-order valence-corrected chi connectivity index (χ1v) is 5.42. The smallest absolute Gasteiger partial charge is 0.252 e. The number of nitriles is 1. The van der Waals surface area contributed by atoms with E-state index < -0.39 is 6.04 Å². The van der Waals surface area contributed by atoms with E-state index in [0.717, 1.165) is 5.56 Å². The van der Waals surface area contributed by atoms with Crippen LogP contribution >= 0.6 is 11.6 Å². The van der Waals surface area contributed by atoms with E-state index in [9.17, 15) is 4.79 Å². The van der Waals surface area contributed by atoms with Crippen molar-refractivity contribution >= 4 is 17.5 Å². The van der Waals surface area contributed by atoms with Gasteiger partial charge in [-0.05, 0) is 37.1 Å². The van der Waals surface area contributed by atoms with Crippen LogP contribution in [0.25, 0.3) is 0 Å². The Kier molecular flexibility index (Phi) is 4.33. The first kappa shape index (κ1) is 12.5. The van der Waals surface area contributed by atoms with Crippen molar-refractivity contribution in [2.24, 2.45) is 0 Å². The lowest BCUT2D eigenvalue weighted by Crippen LogP contribution is -2.33. The molecule has 0 heterocycles. The van der Waals surface area contributed by atoms with Gasteiger partial charge >= 0.3 is 0 Å². The standard InChI is InChI=1S/C12H13ClN2O/c1-3-11(7-14)15-12(16)9-4-8(2)5-10(13)6-9/h4-6,11H,3H2,1-2H3,(H,15,16). The van der Waals surface area contributed by atoms with Gasteiger partial charge in [0.2, 0.25) is 0 Å². The molecule has 1 atom stereocenters. The molecule has 0 aromatic heterocycles. The van der Waals surface area contributed by atoms with Gasteiger partial charge in [-0.25, -0.2) is 0 Å². The molecular weight excluding hydrogens is 224 g/mol. The van der Waals surface area contributed by atoms with E-state index in [1.54, 1.807) is 18.2 Å². The summed E-state index contributed by atoms with van der Waals surface area (Å²) in [6, 6.07) is 6.67. The van der Waals surface area contributed by atoms with Crippen LogP contribution in [0.5, 0.6) is 0 Å². The molecule has 84 valence electrons. The van der Waals surface area contributed by atoms with Gasteiger partial charge in [0.1, 0.15) is 6.04 Å². The molecule has 0 aliphatic carbocycles. The molecule has 3 nitrogen and oxygen atoms in total. The second-order valence-electron chi connectivity index (χ2n) is 3.58.